The van der Waals surface area contributed by atoms with Gasteiger partial charge in [-0.05, 0) is 38.8 Å². The molecule has 1 aliphatic rings. The Labute approximate surface area is 162 Å². The lowest BCUT2D eigenvalue weighted by Crippen LogP contribution is -2.52. The van der Waals surface area contributed by atoms with Crippen LogP contribution < -0.4 is 15.4 Å². The molecule has 2 rings (SSSR count). The zero-order valence-electron chi connectivity index (χ0n) is 17.0. The molecule has 0 unspecified atom stereocenters. The summed E-state index contributed by atoms with van der Waals surface area (Å²) in [5, 5.41) is 16.7. The molecule has 27 heavy (non-hydrogen) atoms. The normalized spacial score (nSPS) is 16.2. The van der Waals surface area contributed by atoms with Crippen LogP contribution in [0.25, 0.3) is 0 Å². The SMILES string of the molecule is CCNC(=NCC(C)(C)N1CCOCC1)NCCc1ccc(OC)cc1O. The van der Waals surface area contributed by atoms with Crippen molar-refractivity contribution < 1.29 is 14.6 Å². The number of phenols is 1. The third kappa shape index (κ3) is 6.59. The van der Waals surface area contributed by atoms with Crippen LogP contribution in [0.3, 0.4) is 0 Å². The summed E-state index contributed by atoms with van der Waals surface area (Å²) in [4.78, 5) is 7.20. The van der Waals surface area contributed by atoms with Gasteiger partial charge in [0.25, 0.3) is 0 Å². The van der Waals surface area contributed by atoms with Crippen LogP contribution in [0.1, 0.15) is 26.3 Å². The third-order valence-corrected chi connectivity index (χ3v) is 4.81. The van der Waals surface area contributed by atoms with Crippen molar-refractivity contribution in [2.24, 2.45) is 4.99 Å². The Balaban J connectivity index is 1.89. The number of aromatic hydroxyl groups is 1. The number of phenolic OH excluding ortho intramolecular Hbond substituents is 1. The predicted octanol–water partition coefficient (Wildman–Crippen LogP) is 1.61. The number of benzene rings is 1. The van der Waals surface area contributed by atoms with Gasteiger partial charge in [0.1, 0.15) is 11.5 Å². The number of hydrogen-bond acceptors (Lipinski definition) is 5. The summed E-state index contributed by atoms with van der Waals surface area (Å²) >= 11 is 0. The van der Waals surface area contributed by atoms with Crippen molar-refractivity contribution in [2.75, 3.05) is 53.0 Å². The van der Waals surface area contributed by atoms with Gasteiger partial charge in [-0.3, -0.25) is 9.89 Å². The molecule has 1 fully saturated rings. The second kappa shape index (κ2) is 10.4. The minimum Gasteiger partial charge on any atom is -0.508 e. The maximum atomic E-state index is 10.1. The van der Waals surface area contributed by atoms with E-state index in [9.17, 15) is 5.11 Å². The Morgan fingerprint density at radius 2 is 2.04 bits per heavy atom. The lowest BCUT2D eigenvalue weighted by atomic mass is 10.0. The zero-order valence-corrected chi connectivity index (χ0v) is 17.0. The topological polar surface area (TPSA) is 78.4 Å². The molecule has 7 heteroatoms. The maximum Gasteiger partial charge on any atom is 0.191 e. The molecule has 1 aromatic carbocycles. The summed E-state index contributed by atoms with van der Waals surface area (Å²) in [6, 6.07) is 5.39. The van der Waals surface area contributed by atoms with Crippen molar-refractivity contribution in [1.29, 1.82) is 0 Å². The van der Waals surface area contributed by atoms with E-state index in [2.05, 4.69) is 36.3 Å². The summed E-state index contributed by atoms with van der Waals surface area (Å²) in [5.74, 6) is 1.71. The smallest absolute Gasteiger partial charge is 0.191 e. The number of aliphatic imine (C=N–C) groups is 1. The first kappa shape index (κ1) is 21.3. The highest BCUT2D eigenvalue weighted by atomic mass is 16.5. The van der Waals surface area contributed by atoms with E-state index in [1.165, 1.54) is 0 Å². The van der Waals surface area contributed by atoms with Crippen LogP contribution in [0.4, 0.5) is 0 Å². The number of morpholine rings is 1. The fourth-order valence-corrected chi connectivity index (χ4v) is 3.08. The molecular weight excluding hydrogens is 344 g/mol. The van der Waals surface area contributed by atoms with E-state index in [-0.39, 0.29) is 11.3 Å². The number of guanidine groups is 1. The molecule has 0 atom stereocenters. The first-order valence-corrected chi connectivity index (χ1v) is 9.67. The first-order chi connectivity index (χ1) is 13.0. The van der Waals surface area contributed by atoms with E-state index in [0.29, 0.717) is 25.3 Å². The molecule has 1 aliphatic heterocycles. The summed E-state index contributed by atoms with van der Waals surface area (Å²) < 4.78 is 10.6. The van der Waals surface area contributed by atoms with Crippen LogP contribution >= 0.6 is 0 Å². The Morgan fingerprint density at radius 3 is 2.67 bits per heavy atom. The Morgan fingerprint density at radius 1 is 1.30 bits per heavy atom. The number of nitrogens with one attached hydrogen (secondary N) is 2. The van der Waals surface area contributed by atoms with E-state index in [4.69, 9.17) is 14.5 Å². The number of rotatable bonds is 8. The highest BCUT2D eigenvalue weighted by molar-refractivity contribution is 5.79. The summed E-state index contributed by atoms with van der Waals surface area (Å²) in [7, 11) is 1.59. The molecule has 1 heterocycles. The van der Waals surface area contributed by atoms with Gasteiger partial charge in [0.15, 0.2) is 5.96 Å². The highest BCUT2D eigenvalue weighted by Crippen LogP contribution is 2.23. The van der Waals surface area contributed by atoms with Crippen LogP contribution in [0.5, 0.6) is 11.5 Å². The van der Waals surface area contributed by atoms with Gasteiger partial charge < -0.3 is 25.2 Å². The Bertz CT molecular complexity index is 613. The van der Waals surface area contributed by atoms with Gasteiger partial charge in [-0.25, -0.2) is 0 Å². The average Bonchev–Trinajstić information content (AvgIpc) is 2.68. The molecule has 152 valence electrons. The second-order valence-corrected chi connectivity index (χ2v) is 7.28. The van der Waals surface area contributed by atoms with Gasteiger partial charge in [0.05, 0.1) is 26.9 Å². The van der Waals surface area contributed by atoms with Crippen LogP contribution in [0.15, 0.2) is 23.2 Å². The average molecular weight is 379 g/mol. The van der Waals surface area contributed by atoms with E-state index in [1.54, 1.807) is 13.2 Å². The van der Waals surface area contributed by atoms with E-state index < -0.39 is 0 Å². The standard InChI is InChI=1S/C20H34N4O3/c1-5-21-19(23-15-20(2,3)24-10-12-27-13-11-24)22-9-8-16-6-7-17(26-4)14-18(16)25/h6-7,14,25H,5,8-13,15H2,1-4H3,(H2,21,22,23). The van der Waals surface area contributed by atoms with E-state index in [0.717, 1.165) is 44.4 Å². The summed E-state index contributed by atoms with van der Waals surface area (Å²) in [5.41, 5.74) is 0.869. The molecule has 3 N–H and O–H groups in total. The van der Waals surface area contributed by atoms with E-state index >= 15 is 0 Å². The molecule has 0 aromatic heterocycles. The van der Waals surface area contributed by atoms with Crippen LogP contribution in [0, 0.1) is 0 Å². The van der Waals surface area contributed by atoms with Gasteiger partial charge in [0.2, 0.25) is 0 Å². The quantitative estimate of drug-likeness (QED) is 0.471. The van der Waals surface area contributed by atoms with Gasteiger partial charge >= 0.3 is 0 Å². The molecule has 0 bridgehead atoms. The molecule has 1 saturated heterocycles. The largest absolute Gasteiger partial charge is 0.508 e. The first-order valence-electron chi connectivity index (χ1n) is 9.67. The lowest BCUT2D eigenvalue weighted by Gasteiger charge is -2.39. The zero-order chi connectivity index (χ0) is 19.7. The van der Waals surface area contributed by atoms with Crippen molar-refractivity contribution in [3.8, 4) is 11.5 Å². The second-order valence-electron chi connectivity index (χ2n) is 7.28. The minimum atomic E-state index is -0.0135. The van der Waals surface area contributed by atoms with E-state index in [1.807, 2.05) is 12.1 Å². The van der Waals surface area contributed by atoms with Gasteiger partial charge in [0, 0.05) is 37.8 Å². The van der Waals surface area contributed by atoms with Gasteiger partial charge in [-0.2, -0.15) is 0 Å². The molecule has 0 saturated carbocycles. The molecule has 0 spiro atoms. The summed E-state index contributed by atoms with van der Waals surface area (Å²) in [6.45, 7) is 12.2. The lowest BCUT2D eigenvalue weighted by molar-refractivity contribution is -0.00683. The number of ether oxygens (including phenoxy) is 2. The van der Waals surface area contributed by atoms with Crippen LogP contribution in [-0.4, -0.2) is 74.6 Å². The van der Waals surface area contributed by atoms with Gasteiger partial charge in [-0.15, -0.1) is 0 Å². The molecule has 0 aliphatic carbocycles. The van der Waals surface area contributed by atoms with Crippen molar-refractivity contribution in [1.82, 2.24) is 15.5 Å². The molecule has 1 aromatic rings. The van der Waals surface area contributed by atoms with Gasteiger partial charge in [-0.1, -0.05) is 6.07 Å². The Hall–Kier alpha value is -1.99. The van der Waals surface area contributed by atoms with Crippen molar-refractivity contribution >= 4 is 5.96 Å². The fraction of sp³-hybridized carbons (Fsp3) is 0.650. The maximum absolute atomic E-state index is 10.1. The summed E-state index contributed by atoms with van der Waals surface area (Å²) in [6.07, 6.45) is 0.701. The third-order valence-electron chi connectivity index (χ3n) is 4.81. The van der Waals surface area contributed by atoms with Crippen LogP contribution in [-0.2, 0) is 11.2 Å². The van der Waals surface area contributed by atoms with Crippen molar-refractivity contribution in [2.45, 2.75) is 32.7 Å². The number of methoxy groups -OCH3 is 1. The van der Waals surface area contributed by atoms with Crippen molar-refractivity contribution in [3.63, 3.8) is 0 Å². The Kier molecular flexibility index (Phi) is 8.19. The highest BCUT2D eigenvalue weighted by Gasteiger charge is 2.28. The molecular formula is C20H34N4O3. The molecule has 0 amide bonds. The minimum absolute atomic E-state index is 0.0135. The monoisotopic (exact) mass is 378 g/mol. The number of hydrogen-bond donors (Lipinski definition) is 3. The fourth-order valence-electron chi connectivity index (χ4n) is 3.08. The molecule has 7 nitrogen and oxygen atoms in total. The van der Waals surface area contributed by atoms with Crippen molar-refractivity contribution in [3.05, 3.63) is 23.8 Å². The van der Waals surface area contributed by atoms with Crippen LogP contribution in [0.2, 0.25) is 0 Å². The molecule has 0 radical (unpaired) electrons. The predicted molar refractivity (Wildman–Crippen MR) is 109 cm³/mol. The number of nitrogens with zero attached hydrogens (tertiary/aromatic N) is 2.